The molecule has 0 heterocycles. The molecule has 15 heavy (non-hydrogen) atoms. The molecule has 2 aromatic carbocycles. The highest BCUT2D eigenvalue weighted by molar-refractivity contribution is 6.00. The van der Waals surface area contributed by atoms with E-state index in [1.54, 1.807) is 6.21 Å². The normalized spacial score (nSPS) is 11.3. The Morgan fingerprint density at radius 1 is 1.13 bits per heavy atom. The fourth-order valence-electron chi connectivity index (χ4n) is 1.72. The average molecular weight is 200 g/mol. The Balaban J connectivity index is 2.77. The molecule has 3 heteroatoms. The summed E-state index contributed by atoms with van der Waals surface area (Å²) in [6.07, 6.45) is 1.61. The van der Waals surface area contributed by atoms with Crippen LogP contribution >= 0.6 is 0 Å². The summed E-state index contributed by atoms with van der Waals surface area (Å²) in [5.74, 6) is 5.14. The second-order valence-electron chi connectivity index (χ2n) is 3.30. The van der Waals surface area contributed by atoms with Gasteiger partial charge in [0.2, 0.25) is 0 Å². The van der Waals surface area contributed by atoms with E-state index >= 15 is 0 Å². The van der Waals surface area contributed by atoms with E-state index in [4.69, 9.17) is 5.84 Å². The summed E-state index contributed by atoms with van der Waals surface area (Å²) in [6, 6.07) is 11.7. The molecule has 0 atom stereocenters. The van der Waals surface area contributed by atoms with Gasteiger partial charge >= 0.3 is 0 Å². The van der Waals surface area contributed by atoms with Crippen LogP contribution < -0.4 is 5.84 Å². The van der Waals surface area contributed by atoms with Crippen molar-refractivity contribution in [2.24, 2.45) is 10.9 Å². The lowest BCUT2D eigenvalue weighted by Crippen LogP contribution is -1.92. The Kier molecular flexibility index (Phi) is 2.65. The summed E-state index contributed by atoms with van der Waals surface area (Å²) in [6.45, 7) is 0.0422. The van der Waals surface area contributed by atoms with Crippen molar-refractivity contribution in [1.29, 1.82) is 0 Å². The van der Waals surface area contributed by atoms with Gasteiger partial charge in [-0.1, -0.05) is 36.4 Å². The third-order valence-corrected chi connectivity index (χ3v) is 2.43. The first-order valence-electron chi connectivity index (χ1n) is 4.71. The summed E-state index contributed by atoms with van der Waals surface area (Å²) >= 11 is 0. The zero-order valence-electron chi connectivity index (χ0n) is 8.22. The number of aliphatic hydroxyl groups is 1. The molecular formula is C12H12N2O. The quantitative estimate of drug-likeness (QED) is 0.439. The van der Waals surface area contributed by atoms with Crippen molar-refractivity contribution in [3.05, 3.63) is 47.5 Å². The molecule has 0 aliphatic rings. The van der Waals surface area contributed by atoms with Gasteiger partial charge in [0.25, 0.3) is 0 Å². The highest BCUT2D eigenvalue weighted by Crippen LogP contribution is 2.21. The van der Waals surface area contributed by atoms with Crippen LogP contribution in [0, 0.1) is 0 Å². The molecule has 0 spiro atoms. The van der Waals surface area contributed by atoms with E-state index in [1.807, 2.05) is 36.4 Å². The summed E-state index contributed by atoms with van der Waals surface area (Å²) in [4.78, 5) is 0. The summed E-state index contributed by atoms with van der Waals surface area (Å²) in [7, 11) is 0. The molecule has 0 unspecified atom stereocenters. The van der Waals surface area contributed by atoms with Crippen LogP contribution in [0.4, 0.5) is 0 Å². The van der Waals surface area contributed by atoms with Gasteiger partial charge in [0.1, 0.15) is 0 Å². The van der Waals surface area contributed by atoms with Gasteiger partial charge in [-0.2, -0.15) is 5.10 Å². The first kappa shape index (κ1) is 9.68. The Morgan fingerprint density at radius 2 is 1.87 bits per heavy atom. The minimum absolute atomic E-state index is 0.0422. The first-order chi connectivity index (χ1) is 7.36. The number of hydrogen-bond acceptors (Lipinski definition) is 3. The number of rotatable bonds is 2. The van der Waals surface area contributed by atoms with Gasteiger partial charge in [-0.15, -0.1) is 0 Å². The van der Waals surface area contributed by atoms with Crippen LogP contribution in [0.15, 0.2) is 41.5 Å². The van der Waals surface area contributed by atoms with Crippen LogP contribution in [0.2, 0.25) is 0 Å². The topological polar surface area (TPSA) is 58.6 Å². The van der Waals surface area contributed by atoms with Gasteiger partial charge < -0.3 is 10.9 Å². The van der Waals surface area contributed by atoms with Crippen molar-refractivity contribution in [3.8, 4) is 0 Å². The van der Waals surface area contributed by atoms with Gasteiger partial charge in [0.05, 0.1) is 12.8 Å². The average Bonchev–Trinajstić information content (AvgIpc) is 2.30. The SMILES string of the molecule is NN=Cc1ccc(CO)c2ccccc12. The predicted molar refractivity (Wildman–Crippen MR) is 61.7 cm³/mol. The number of hydrazone groups is 1. The number of benzene rings is 2. The zero-order chi connectivity index (χ0) is 10.7. The molecule has 3 N–H and O–H groups in total. The Hall–Kier alpha value is -1.87. The van der Waals surface area contributed by atoms with Crippen LogP contribution in [0.1, 0.15) is 11.1 Å². The van der Waals surface area contributed by atoms with Gasteiger partial charge in [-0.05, 0) is 16.3 Å². The highest BCUT2D eigenvalue weighted by atomic mass is 16.3. The fourth-order valence-corrected chi connectivity index (χ4v) is 1.72. The number of nitrogens with zero attached hydrogens (tertiary/aromatic N) is 1. The van der Waals surface area contributed by atoms with Crippen LogP contribution in [-0.4, -0.2) is 11.3 Å². The highest BCUT2D eigenvalue weighted by Gasteiger charge is 2.02. The van der Waals surface area contributed by atoms with E-state index in [0.717, 1.165) is 21.9 Å². The van der Waals surface area contributed by atoms with E-state index in [9.17, 15) is 5.11 Å². The number of nitrogens with two attached hydrogens (primary N) is 1. The monoisotopic (exact) mass is 200 g/mol. The number of fused-ring (bicyclic) bond motifs is 1. The molecule has 0 aliphatic carbocycles. The third kappa shape index (κ3) is 1.69. The Labute approximate surface area is 87.8 Å². The number of hydrogen-bond donors (Lipinski definition) is 2. The second kappa shape index (κ2) is 4.11. The smallest absolute Gasteiger partial charge is 0.0687 e. The van der Waals surface area contributed by atoms with Crippen molar-refractivity contribution >= 4 is 17.0 Å². The van der Waals surface area contributed by atoms with Crippen molar-refractivity contribution in [2.45, 2.75) is 6.61 Å². The molecule has 0 aliphatic heterocycles. The molecule has 0 aromatic heterocycles. The largest absolute Gasteiger partial charge is 0.392 e. The third-order valence-electron chi connectivity index (χ3n) is 2.43. The lowest BCUT2D eigenvalue weighted by molar-refractivity contribution is 0.283. The maximum absolute atomic E-state index is 9.20. The van der Waals surface area contributed by atoms with Crippen molar-refractivity contribution in [3.63, 3.8) is 0 Å². The molecule has 0 amide bonds. The van der Waals surface area contributed by atoms with Crippen LogP contribution in [0.5, 0.6) is 0 Å². The van der Waals surface area contributed by atoms with Crippen LogP contribution in [0.3, 0.4) is 0 Å². The minimum Gasteiger partial charge on any atom is -0.392 e. The van der Waals surface area contributed by atoms with Gasteiger partial charge in [-0.3, -0.25) is 0 Å². The maximum Gasteiger partial charge on any atom is 0.0687 e. The van der Waals surface area contributed by atoms with E-state index in [0.29, 0.717) is 0 Å². The Bertz CT molecular complexity index is 506. The molecule has 0 saturated carbocycles. The van der Waals surface area contributed by atoms with Crippen molar-refractivity contribution in [1.82, 2.24) is 0 Å². The standard InChI is InChI=1S/C12H12N2O/c13-14-7-9-5-6-10(8-15)12-4-2-1-3-11(9)12/h1-7,15H,8,13H2. The van der Waals surface area contributed by atoms with Gasteiger partial charge in [-0.25, -0.2) is 0 Å². The summed E-state index contributed by atoms with van der Waals surface area (Å²) in [5.41, 5.74) is 1.88. The van der Waals surface area contributed by atoms with E-state index in [-0.39, 0.29) is 6.61 Å². The number of aliphatic hydroxyl groups excluding tert-OH is 1. The molecule has 0 saturated heterocycles. The van der Waals surface area contributed by atoms with Crippen molar-refractivity contribution in [2.75, 3.05) is 0 Å². The second-order valence-corrected chi connectivity index (χ2v) is 3.30. The molecule has 3 nitrogen and oxygen atoms in total. The molecule has 2 rings (SSSR count). The summed E-state index contributed by atoms with van der Waals surface area (Å²) < 4.78 is 0. The van der Waals surface area contributed by atoms with Gasteiger partial charge in [0, 0.05) is 5.56 Å². The van der Waals surface area contributed by atoms with Crippen molar-refractivity contribution < 1.29 is 5.11 Å². The summed E-state index contributed by atoms with van der Waals surface area (Å²) in [5, 5.41) is 14.8. The lowest BCUT2D eigenvalue weighted by atomic mass is 10.0. The van der Waals surface area contributed by atoms with Crippen LogP contribution in [-0.2, 0) is 6.61 Å². The maximum atomic E-state index is 9.20. The molecule has 2 aromatic rings. The first-order valence-corrected chi connectivity index (χ1v) is 4.71. The Morgan fingerprint density at radius 3 is 2.53 bits per heavy atom. The predicted octanol–water partition coefficient (Wildman–Crippen LogP) is 1.62. The van der Waals surface area contributed by atoms with E-state index in [2.05, 4.69) is 5.10 Å². The van der Waals surface area contributed by atoms with E-state index < -0.39 is 0 Å². The molecule has 0 bridgehead atoms. The lowest BCUT2D eigenvalue weighted by Gasteiger charge is -2.06. The zero-order valence-corrected chi connectivity index (χ0v) is 8.22. The molecule has 0 fully saturated rings. The molecule has 76 valence electrons. The minimum atomic E-state index is 0.0422. The fraction of sp³-hybridized carbons (Fsp3) is 0.0833. The van der Waals surface area contributed by atoms with E-state index in [1.165, 1.54) is 0 Å². The van der Waals surface area contributed by atoms with Crippen LogP contribution in [0.25, 0.3) is 10.8 Å². The van der Waals surface area contributed by atoms with Gasteiger partial charge in [0.15, 0.2) is 0 Å². The molecule has 0 radical (unpaired) electrons. The molecular weight excluding hydrogens is 188 g/mol.